The second-order valence-corrected chi connectivity index (χ2v) is 6.10. The molecular weight excluding hydrogens is 342 g/mol. The highest BCUT2D eigenvalue weighted by Gasteiger charge is 2.24. The van der Waals surface area contributed by atoms with Gasteiger partial charge in [0.15, 0.2) is 11.9 Å². The van der Waals surface area contributed by atoms with Gasteiger partial charge >= 0.3 is 5.97 Å². The third kappa shape index (κ3) is 4.45. The summed E-state index contributed by atoms with van der Waals surface area (Å²) in [6.07, 6.45) is -0.943. The van der Waals surface area contributed by atoms with Crippen molar-refractivity contribution >= 4 is 29.3 Å². The van der Waals surface area contributed by atoms with Crippen LogP contribution < -0.4 is 0 Å². The van der Waals surface area contributed by atoms with Gasteiger partial charge in [0, 0.05) is 30.2 Å². The van der Waals surface area contributed by atoms with Crippen molar-refractivity contribution in [2.75, 3.05) is 14.1 Å². The predicted molar refractivity (Wildman–Crippen MR) is 94.9 cm³/mol. The largest absolute Gasteiger partial charge is 0.449 e. The van der Waals surface area contributed by atoms with Crippen molar-refractivity contribution in [3.05, 3.63) is 70.2 Å². The van der Waals surface area contributed by atoms with Gasteiger partial charge in [-0.15, -0.1) is 0 Å². The highest BCUT2D eigenvalue weighted by Crippen LogP contribution is 2.18. The summed E-state index contributed by atoms with van der Waals surface area (Å²) in [6.45, 7) is 1.49. The molecule has 0 saturated carbocycles. The highest BCUT2D eigenvalue weighted by molar-refractivity contribution is 6.30. The molecule has 0 N–H and O–H groups in total. The minimum absolute atomic E-state index is 0.112. The zero-order valence-electron chi connectivity index (χ0n) is 14.2. The van der Waals surface area contributed by atoms with Gasteiger partial charge < -0.3 is 9.64 Å². The Hall–Kier alpha value is -2.66. The maximum absolute atomic E-state index is 12.7. The Balaban J connectivity index is 2.28. The number of halogens is 1. The molecule has 0 unspecified atom stereocenters. The van der Waals surface area contributed by atoms with E-state index in [1.165, 1.54) is 17.9 Å². The molecule has 130 valence electrons. The number of likely N-dealkylation sites (N-methyl/N-ethyl adjacent to an activating group) is 1. The molecule has 0 fully saturated rings. The van der Waals surface area contributed by atoms with Crippen molar-refractivity contribution in [3.63, 3.8) is 0 Å². The number of carbonyl (C=O) groups excluding carboxylic acids is 3. The lowest BCUT2D eigenvalue weighted by atomic mass is 9.98. The monoisotopic (exact) mass is 359 g/mol. The fourth-order valence-corrected chi connectivity index (χ4v) is 2.38. The average molecular weight is 360 g/mol. The Morgan fingerprint density at radius 2 is 1.52 bits per heavy atom. The van der Waals surface area contributed by atoms with Gasteiger partial charge in [0.1, 0.15) is 0 Å². The van der Waals surface area contributed by atoms with Gasteiger partial charge in [-0.3, -0.25) is 9.59 Å². The first kappa shape index (κ1) is 18.7. The maximum atomic E-state index is 12.7. The quantitative estimate of drug-likeness (QED) is 0.607. The molecule has 2 aromatic carbocycles. The van der Waals surface area contributed by atoms with E-state index in [-0.39, 0.29) is 22.8 Å². The lowest BCUT2D eigenvalue weighted by Gasteiger charge is -2.18. The summed E-state index contributed by atoms with van der Waals surface area (Å²) in [5.41, 5.74) is 0.724. The van der Waals surface area contributed by atoms with E-state index in [1.54, 1.807) is 56.6 Å². The highest BCUT2D eigenvalue weighted by atomic mass is 35.5. The second kappa shape index (κ2) is 7.94. The molecule has 0 heterocycles. The second-order valence-electron chi connectivity index (χ2n) is 5.66. The Bertz CT molecular complexity index is 799. The van der Waals surface area contributed by atoms with Crippen molar-refractivity contribution in [2.45, 2.75) is 13.0 Å². The van der Waals surface area contributed by atoms with Crippen LogP contribution >= 0.6 is 11.6 Å². The van der Waals surface area contributed by atoms with Crippen LogP contribution in [-0.2, 0) is 9.53 Å². The molecule has 2 aromatic rings. The van der Waals surface area contributed by atoms with Crippen molar-refractivity contribution < 1.29 is 19.1 Å². The number of hydrogen-bond donors (Lipinski definition) is 0. The molecule has 2 rings (SSSR count). The maximum Gasteiger partial charge on any atom is 0.339 e. The van der Waals surface area contributed by atoms with E-state index in [4.69, 9.17) is 16.3 Å². The Morgan fingerprint density at radius 3 is 2.08 bits per heavy atom. The zero-order chi connectivity index (χ0) is 18.6. The first-order valence-electron chi connectivity index (χ1n) is 7.62. The van der Waals surface area contributed by atoms with Crippen LogP contribution in [0.1, 0.15) is 33.2 Å². The van der Waals surface area contributed by atoms with E-state index in [0.717, 1.165) is 0 Å². The lowest BCUT2D eigenvalue weighted by Crippen LogP contribution is -2.35. The number of ketones is 1. The van der Waals surface area contributed by atoms with Crippen LogP contribution in [0.2, 0.25) is 5.02 Å². The summed E-state index contributed by atoms with van der Waals surface area (Å²) in [5, 5.41) is 0.514. The van der Waals surface area contributed by atoms with Crippen molar-refractivity contribution in [1.29, 1.82) is 0 Å². The number of carbonyl (C=O) groups is 3. The van der Waals surface area contributed by atoms with E-state index < -0.39 is 12.1 Å². The molecule has 0 aliphatic rings. The van der Waals surface area contributed by atoms with E-state index >= 15 is 0 Å². The molecule has 0 bridgehead atoms. The van der Waals surface area contributed by atoms with E-state index in [2.05, 4.69) is 0 Å². The van der Waals surface area contributed by atoms with E-state index in [0.29, 0.717) is 10.6 Å². The zero-order valence-corrected chi connectivity index (χ0v) is 14.9. The molecule has 0 saturated heterocycles. The molecule has 0 aromatic heterocycles. The summed E-state index contributed by atoms with van der Waals surface area (Å²) >= 11 is 5.84. The van der Waals surface area contributed by atoms with Crippen LogP contribution in [0.3, 0.4) is 0 Å². The average Bonchev–Trinajstić information content (AvgIpc) is 2.60. The van der Waals surface area contributed by atoms with Gasteiger partial charge in [-0.25, -0.2) is 4.79 Å². The number of benzene rings is 2. The number of nitrogens with zero attached hydrogens (tertiary/aromatic N) is 1. The number of ether oxygens (including phenoxy) is 1. The number of hydrogen-bond acceptors (Lipinski definition) is 4. The van der Waals surface area contributed by atoms with Gasteiger partial charge in [-0.2, -0.15) is 0 Å². The van der Waals surface area contributed by atoms with Gasteiger partial charge in [0.25, 0.3) is 5.91 Å². The van der Waals surface area contributed by atoms with Crippen molar-refractivity contribution in [2.24, 2.45) is 0 Å². The number of esters is 1. The minimum Gasteiger partial charge on any atom is -0.449 e. The molecule has 0 spiro atoms. The molecule has 0 aliphatic carbocycles. The Labute approximate surface area is 151 Å². The summed E-state index contributed by atoms with van der Waals surface area (Å²) in [5.74, 6) is -1.38. The topological polar surface area (TPSA) is 63.7 Å². The smallest absolute Gasteiger partial charge is 0.339 e. The van der Waals surface area contributed by atoms with E-state index in [9.17, 15) is 14.4 Å². The van der Waals surface area contributed by atoms with Crippen LogP contribution in [0.15, 0.2) is 48.5 Å². The van der Waals surface area contributed by atoms with Crippen LogP contribution in [0.5, 0.6) is 0 Å². The summed E-state index contributed by atoms with van der Waals surface area (Å²) in [7, 11) is 3.15. The standard InChI is InChI=1S/C19H18ClNO4/c1-12(18(23)21(2)3)25-19(24)16-7-5-4-6-15(16)17(22)13-8-10-14(20)11-9-13/h4-12H,1-3H3/t12-/m0/s1. The summed E-state index contributed by atoms with van der Waals surface area (Å²) in [4.78, 5) is 38.3. The van der Waals surface area contributed by atoms with Crippen molar-refractivity contribution in [3.8, 4) is 0 Å². The van der Waals surface area contributed by atoms with Crippen LogP contribution in [-0.4, -0.2) is 42.8 Å². The molecule has 1 atom stereocenters. The molecule has 25 heavy (non-hydrogen) atoms. The summed E-state index contributed by atoms with van der Waals surface area (Å²) < 4.78 is 5.20. The molecule has 1 amide bonds. The van der Waals surface area contributed by atoms with Gasteiger partial charge in [0.2, 0.25) is 0 Å². The Morgan fingerprint density at radius 1 is 0.960 bits per heavy atom. The molecule has 0 radical (unpaired) electrons. The fraction of sp³-hybridized carbons (Fsp3) is 0.211. The lowest BCUT2D eigenvalue weighted by molar-refractivity contribution is -0.137. The van der Waals surface area contributed by atoms with E-state index in [1.807, 2.05) is 0 Å². The summed E-state index contributed by atoms with van der Waals surface area (Å²) in [6, 6.07) is 12.7. The SMILES string of the molecule is C[C@H](OC(=O)c1ccccc1C(=O)c1ccc(Cl)cc1)C(=O)N(C)C. The van der Waals surface area contributed by atoms with Crippen molar-refractivity contribution in [1.82, 2.24) is 4.90 Å². The molecular formula is C19H18ClNO4. The molecule has 0 aliphatic heterocycles. The van der Waals surface area contributed by atoms with Gasteiger partial charge in [0.05, 0.1) is 5.56 Å². The van der Waals surface area contributed by atoms with Crippen LogP contribution in [0.25, 0.3) is 0 Å². The number of amides is 1. The normalized spacial score (nSPS) is 11.5. The first-order valence-corrected chi connectivity index (χ1v) is 8.00. The third-order valence-electron chi connectivity index (χ3n) is 3.57. The minimum atomic E-state index is -0.943. The predicted octanol–water partition coefficient (Wildman–Crippen LogP) is 3.20. The molecule has 5 nitrogen and oxygen atoms in total. The molecule has 6 heteroatoms. The van der Waals surface area contributed by atoms with Crippen LogP contribution in [0.4, 0.5) is 0 Å². The number of rotatable bonds is 5. The first-order chi connectivity index (χ1) is 11.8. The van der Waals surface area contributed by atoms with Gasteiger partial charge in [-0.05, 0) is 37.3 Å². The third-order valence-corrected chi connectivity index (χ3v) is 3.82. The van der Waals surface area contributed by atoms with Gasteiger partial charge in [-0.1, -0.05) is 29.8 Å². The van der Waals surface area contributed by atoms with Crippen LogP contribution in [0, 0.1) is 0 Å². The fourth-order valence-electron chi connectivity index (χ4n) is 2.25. The Kier molecular flexibility index (Phi) is 5.93.